The number of hydrogen-bond acceptors (Lipinski definition) is 1. The molecule has 4 aliphatic carbocycles. The van der Waals surface area contributed by atoms with Gasteiger partial charge in [0.1, 0.15) is 5.82 Å². The maximum Gasteiger partial charge on any atom is 0.315 e. The van der Waals surface area contributed by atoms with Crippen LogP contribution in [0.4, 0.5) is 9.18 Å². The normalized spacial score (nSPS) is 39.7. The lowest BCUT2D eigenvalue weighted by Crippen LogP contribution is -2.66. The number of nitrogens with one attached hydrogen (secondary N) is 2. The predicted octanol–water partition coefficient (Wildman–Crippen LogP) is 4.37. The maximum absolute atomic E-state index is 13.2. The van der Waals surface area contributed by atoms with E-state index in [0.717, 1.165) is 30.7 Å². The molecule has 0 radical (unpaired) electrons. The van der Waals surface area contributed by atoms with E-state index >= 15 is 0 Å². The van der Waals surface area contributed by atoms with E-state index in [9.17, 15) is 9.18 Å². The Bertz CT molecular complexity index is 655. The second kappa shape index (κ2) is 5.21. The summed E-state index contributed by atoms with van der Waals surface area (Å²) in [6.45, 7) is 5.16. The van der Waals surface area contributed by atoms with Crippen LogP contribution in [0.25, 0.3) is 0 Å². The molecule has 4 fully saturated rings. The van der Waals surface area contributed by atoms with E-state index in [-0.39, 0.29) is 17.4 Å². The van der Waals surface area contributed by atoms with Gasteiger partial charge in [-0.2, -0.15) is 0 Å². The van der Waals surface area contributed by atoms with Crippen molar-refractivity contribution in [1.82, 2.24) is 10.6 Å². The fourth-order valence-corrected chi connectivity index (χ4v) is 6.70. The molecule has 130 valence electrons. The first-order valence-corrected chi connectivity index (χ1v) is 9.08. The summed E-state index contributed by atoms with van der Waals surface area (Å²) in [5.74, 6) is 0.483. The number of rotatable bonds is 3. The molecule has 1 aromatic carbocycles. The van der Waals surface area contributed by atoms with Crippen molar-refractivity contribution in [3.05, 3.63) is 35.6 Å². The SMILES string of the molecule is CC12CC3CC(C)(C1)CC(NC(=O)NCc1cccc(F)c1)(C3)C2. The van der Waals surface area contributed by atoms with Gasteiger partial charge in [-0.3, -0.25) is 0 Å². The highest BCUT2D eigenvalue weighted by Crippen LogP contribution is 2.66. The lowest BCUT2D eigenvalue weighted by atomic mass is 9.43. The summed E-state index contributed by atoms with van der Waals surface area (Å²) in [4.78, 5) is 12.5. The van der Waals surface area contributed by atoms with Crippen LogP contribution in [-0.2, 0) is 6.54 Å². The number of carbonyl (C=O) groups excluding carboxylic acids is 1. The topological polar surface area (TPSA) is 41.1 Å². The molecule has 1 aromatic rings. The first kappa shape index (κ1) is 15.9. The number of benzene rings is 1. The van der Waals surface area contributed by atoms with Gasteiger partial charge in [-0.25, -0.2) is 9.18 Å². The zero-order chi connectivity index (χ0) is 17.0. The Labute approximate surface area is 143 Å². The smallest absolute Gasteiger partial charge is 0.315 e. The van der Waals surface area contributed by atoms with Crippen LogP contribution in [0.1, 0.15) is 57.9 Å². The van der Waals surface area contributed by atoms with Gasteiger partial charge in [0.05, 0.1) is 0 Å². The van der Waals surface area contributed by atoms with Crippen LogP contribution < -0.4 is 10.6 Å². The first-order chi connectivity index (χ1) is 11.3. The molecule has 2 amide bonds. The minimum absolute atomic E-state index is 0.0467. The van der Waals surface area contributed by atoms with Crippen LogP contribution in [0.2, 0.25) is 0 Å². The molecule has 4 heteroatoms. The van der Waals surface area contributed by atoms with Gasteiger partial charge in [-0.05, 0) is 73.0 Å². The molecule has 0 aliphatic heterocycles. The van der Waals surface area contributed by atoms with Crippen LogP contribution >= 0.6 is 0 Å². The van der Waals surface area contributed by atoms with Gasteiger partial charge in [-0.15, -0.1) is 0 Å². The average Bonchev–Trinajstić information content (AvgIpc) is 2.40. The van der Waals surface area contributed by atoms with E-state index in [1.807, 2.05) is 6.07 Å². The van der Waals surface area contributed by atoms with E-state index in [0.29, 0.717) is 17.4 Å². The van der Waals surface area contributed by atoms with Gasteiger partial charge < -0.3 is 10.6 Å². The average molecular weight is 330 g/mol. The number of carbonyl (C=O) groups is 1. The Balaban J connectivity index is 1.42. The summed E-state index contributed by atoms with van der Waals surface area (Å²) >= 11 is 0. The second-order valence-corrected chi connectivity index (χ2v) is 9.35. The van der Waals surface area contributed by atoms with E-state index in [1.165, 1.54) is 31.4 Å². The standard InChI is InChI=1S/C20H27FN2O/c1-18-7-15-8-19(2,11-18)13-20(9-15,12-18)23-17(24)22-10-14-4-3-5-16(21)6-14/h3-6,15H,7-13H2,1-2H3,(H2,22,23,24). The van der Waals surface area contributed by atoms with Crippen LogP contribution in [-0.4, -0.2) is 11.6 Å². The Kier molecular flexibility index (Phi) is 3.45. The second-order valence-electron chi connectivity index (χ2n) is 9.35. The molecule has 2 unspecified atom stereocenters. The van der Waals surface area contributed by atoms with Crippen molar-refractivity contribution in [1.29, 1.82) is 0 Å². The van der Waals surface area contributed by atoms with Crippen molar-refractivity contribution >= 4 is 6.03 Å². The lowest BCUT2D eigenvalue weighted by Gasteiger charge is -2.65. The fraction of sp³-hybridized carbons (Fsp3) is 0.650. The maximum atomic E-state index is 13.2. The Morgan fingerprint density at radius 1 is 1.17 bits per heavy atom. The van der Waals surface area contributed by atoms with Crippen LogP contribution in [0.3, 0.4) is 0 Å². The molecule has 4 aliphatic rings. The molecule has 0 spiro atoms. The van der Waals surface area contributed by atoms with Gasteiger partial charge in [0.25, 0.3) is 0 Å². The number of halogens is 1. The molecular weight excluding hydrogens is 303 g/mol. The van der Waals surface area contributed by atoms with Crippen LogP contribution in [0, 0.1) is 22.6 Å². The van der Waals surface area contributed by atoms with Gasteiger partial charge >= 0.3 is 6.03 Å². The van der Waals surface area contributed by atoms with Gasteiger partial charge in [-0.1, -0.05) is 26.0 Å². The monoisotopic (exact) mass is 330 g/mol. The molecule has 24 heavy (non-hydrogen) atoms. The third-order valence-electron chi connectivity index (χ3n) is 6.35. The quantitative estimate of drug-likeness (QED) is 0.849. The van der Waals surface area contributed by atoms with E-state index in [4.69, 9.17) is 0 Å². The van der Waals surface area contributed by atoms with Crippen molar-refractivity contribution < 1.29 is 9.18 Å². The Morgan fingerprint density at radius 2 is 1.88 bits per heavy atom. The molecule has 3 nitrogen and oxygen atoms in total. The first-order valence-electron chi connectivity index (χ1n) is 9.08. The van der Waals surface area contributed by atoms with Crippen LogP contribution in [0.15, 0.2) is 24.3 Å². The molecular formula is C20H27FN2O. The summed E-state index contributed by atoms with van der Waals surface area (Å²) in [6.07, 6.45) is 7.24. The summed E-state index contributed by atoms with van der Waals surface area (Å²) in [7, 11) is 0. The third kappa shape index (κ3) is 2.91. The minimum Gasteiger partial charge on any atom is -0.334 e. The molecule has 0 aromatic heterocycles. The van der Waals surface area contributed by atoms with Crippen molar-refractivity contribution in [3.63, 3.8) is 0 Å². The van der Waals surface area contributed by atoms with Crippen LogP contribution in [0.5, 0.6) is 0 Å². The molecule has 0 heterocycles. The van der Waals surface area contributed by atoms with Crippen molar-refractivity contribution in [2.75, 3.05) is 0 Å². The summed E-state index contributed by atoms with van der Waals surface area (Å²) < 4.78 is 13.2. The van der Waals surface area contributed by atoms with Crippen molar-refractivity contribution in [2.24, 2.45) is 16.7 Å². The molecule has 2 atom stereocenters. The van der Waals surface area contributed by atoms with E-state index < -0.39 is 0 Å². The highest BCUT2D eigenvalue weighted by molar-refractivity contribution is 5.75. The van der Waals surface area contributed by atoms with E-state index in [1.54, 1.807) is 6.07 Å². The molecule has 4 saturated carbocycles. The Morgan fingerprint density at radius 3 is 2.50 bits per heavy atom. The third-order valence-corrected chi connectivity index (χ3v) is 6.35. The number of urea groups is 1. The largest absolute Gasteiger partial charge is 0.334 e. The van der Waals surface area contributed by atoms with Gasteiger partial charge in [0.15, 0.2) is 0 Å². The fourth-order valence-electron chi connectivity index (χ4n) is 6.70. The highest BCUT2D eigenvalue weighted by Gasteiger charge is 2.60. The summed E-state index contributed by atoms with van der Waals surface area (Å²) in [6, 6.07) is 6.27. The lowest BCUT2D eigenvalue weighted by molar-refractivity contribution is -0.113. The summed E-state index contributed by atoms with van der Waals surface area (Å²) in [5.41, 5.74) is 1.50. The van der Waals surface area contributed by atoms with Gasteiger partial charge in [0.2, 0.25) is 0 Å². The zero-order valence-electron chi connectivity index (χ0n) is 14.6. The Hall–Kier alpha value is -1.58. The summed E-state index contributed by atoms with van der Waals surface area (Å²) in [5, 5.41) is 6.23. The highest BCUT2D eigenvalue weighted by atomic mass is 19.1. The molecule has 0 saturated heterocycles. The molecule has 2 N–H and O–H groups in total. The van der Waals surface area contributed by atoms with Crippen molar-refractivity contribution in [3.8, 4) is 0 Å². The molecule has 4 bridgehead atoms. The number of amides is 2. The predicted molar refractivity (Wildman–Crippen MR) is 91.9 cm³/mol. The molecule has 5 rings (SSSR count). The van der Waals surface area contributed by atoms with Gasteiger partial charge in [0, 0.05) is 12.1 Å². The zero-order valence-corrected chi connectivity index (χ0v) is 14.6. The van der Waals surface area contributed by atoms with E-state index in [2.05, 4.69) is 24.5 Å². The van der Waals surface area contributed by atoms with Crippen molar-refractivity contribution in [2.45, 2.75) is 64.5 Å². The number of hydrogen-bond donors (Lipinski definition) is 2. The minimum atomic E-state index is -0.267.